The first kappa shape index (κ1) is 13.5. The van der Waals surface area contributed by atoms with E-state index in [-0.39, 0.29) is 11.9 Å². The Kier molecular flexibility index (Phi) is 5.26. The Balaban J connectivity index is 2.30. The number of nitrogens with one attached hydrogen (secondary N) is 1. The second kappa shape index (κ2) is 6.24. The molecule has 0 heterocycles. The highest BCUT2D eigenvalue weighted by Crippen LogP contribution is 2.27. The third-order valence-corrected chi connectivity index (χ3v) is 2.85. The van der Waals surface area contributed by atoms with Crippen LogP contribution in [0.3, 0.4) is 0 Å². The molecular formula is C13H26N2O. The molecule has 3 nitrogen and oxygen atoms in total. The number of nitrogens with zero attached hydrogens (tertiary/aromatic N) is 1. The molecule has 1 aliphatic carbocycles. The number of rotatable bonds is 7. The van der Waals surface area contributed by atoms with Gasteiger partial charge in [-0.05, 0) is 45.6 Å². The first-order chi connectivity index (χ1) is 7.49. The maximum atomic E-state index is 11.7. The smallest absolute Gasteiger partial charge is 0.234 e. The molecular weight excluding hydrogens is 200 g/mol. The van der Waals surface area contributed by atoms with Crippen LogP contribution in [-0.4, -0.2) is 36.0 Å². The van der Waals surface area contributed by atoms with Crippen LogP contribution in [-0.2, 0) is 4.79 Å². The maximum absolute atomic E-state index is 11.7. The molecule has 0 unspecified atom stereocenters. The Labute approximate surface area is 99.6 Å². The molecule has 0 aromatic rings. The summed E-state index contributed by atoms with van der Waals surface area (Å²) in [4.78, 5) is 14.0. The molecule has 0 aromatic heterocycles. The van der Waals surface area contributed by atoms with E-state index in [0.717, 1.165) is 12.5 Å². The summed E-state index contributed by atoms with van der Waals surface area (Å²) in [6.07, 6.45) is 3.73. The third-order valence-electron chi connectivity index (χ3n) is 2.85. The molecule has 0 bridgehead atoms. The normalized spacial score (nSPS) is 16.2. The van der Waals surface area contributed by atoms with Crippen molar-refractivity contribution in [3.8, 4) is 0 Å². The van der Waals surface area contributed by atoms with Gasteiger partial charge in [0.15, 0.2) is 0 Å². The van der Waals surface area contributed by atoms with Crippen LogP contribution in [0.25, 0.3) is 0 Å². The molecule has 1 saturated carbocycles. The molecule has 0 aromatic carbocycles. The van der Waals surface area contributed by atoms with Gasteiger partial charge in [0.2, 0.25) is 5.91 Å². The van der Waals surface area contributed by atoms with Crippen LogP contribution < -0.4 is 5.32 Å². The Morgan fingerprint density at radius 1 is 1.31 bits per heavy atom. The lowest BCUT2D eigenvalue weighted by Crippen LogP contribution is -2.41. The van der Waals surface area contributed by atoms with E-state index >= 15 is 0 Å². The van der Waals surface area contributed by atoms with Gasteiger partial charge in [-0.25, -0.2) is 0 Å². The van der Waals surface area contributed by atoms with Crippen molar-refractivity contribution in [2.24, 2.45) is 5.92 Å². The molecule has 0 atom stereocenters. The van der Waals surface area contributed by atoms with Crippen LogP contribution in [0.5, 0.6) is 0 Å². The Morgan fingerprint density at radius 3 is 2.38 bits per heavy atom. The zero-order chi connectivity index (χ0) is 12.1. The van der Waals surface area contributed by atoms with Gasteiger partial charge in [0.25, 0.3) is 0 Å². The van der Waals surface area contributed by atoms with Crippen molar-refractivity contribution in [2.45, 2.75) is 59.0 Å². The fourth-order valence-corrected chi connectivity index (χ4v) is 1.81. The molecule has 1 rings (SSSR count). The minimum Gasteiger partial charge on any atom is -0.353 e. The van der Waals surface area contributed by atoms with Crippen LogP contribution in [0.2, 0.25) is 0 Å². The lowest BCUT2D eigenvalue weighted by molar-refractivity contribution is -0.122. The van der Waals surface area contributed by atoms with Crippen LogP contribution >= 0.6 is 0 Å². The minimum atomic E-state index is 0.172. The molecule has 1 N–H and O–H groups in total. The third kappa shape index (κ3) is 5.50. The lowest BCUT2D eigenvalue weighted by Gasteiger charge is -2.22. The van der Waals surface area contributed by atoms with E-state index in [1.54, 1.807) is 0 Å². The first-order valence-corrected chi connectivity index (χ1v) is 6.52. The maximum Gasteiger partial charge on any atom is 0.234 e. The molecule has 0 radical (unpaired) electrons. The van der Waals surface area contributed by atoms with Gasteiger partial charge in [-0.2, -0.15) is 0 Å². The van der Waals surface area contributed by atoms with Gasteiger partial charge in [0, 0.05) is 12.1 Å². The second-order valence-corrected chi connectivity index (χ2v) is 5.61. The van der Waals surface area contributed by atoms with Crippen molar-refractivity contribution in [3.63, 3.8) is 0 Å². The topological polar surface area (TPSA) is 32.3 Å². The van der Waals surface area contributed by atoms with Gasteiger partial charge in [-0.15, -0.1) is 0 Å². The van der Waals surface area contributed by atoms with E-state index in [2.05, 4.69) is 24.1 Å². The van der Waals surface area contributed by atoms with Gasteiger partial charge in [0.05, 0.1) is 6.54 Å². The summed E-state index contributed by atoms with van der Waals surface area (Å²) in [7, 11) is 0. The van der Waals surface area contributed by atoms with Crippen LogP contribution in [0.4, 0.5) is 0 Å². The molecule has 0 spiro atoms. The molecule has 1 fully saturated rings. The monoisotopic (exact) mass is 226 g/mol. The summed E-state index contributed by atoms with van der Waals surface area (Å²) in [5.74, 6) is 0.889. The first-order valence-electron chi connectivity index (χ1n) is 6.52. The Morgan fingerprint density at radius 2 is 1.94 bits per heavy atom. The predicted octanol–water partition coefficient (Wildman–Crippen LogP) is 2.02. The van der Waals surface area contributed by atoms with Crippen molar-refractivity contribution >= 4 is 5.91 Å². The molecule has 3 heteroatoms. The summed E-state index contributed by atoms with van der Waals surface area (Å²) < 4.78 is 0. The van der Waals surface area contributed by atoms with Gasteiger partial charge in [-0.1, -0.05) is 13.8 Å². The second-order valence-electron chi connectivity index (χ2n) is 5.61. The van der Waals surface area contributed by atoms with Crippen molar-refractivity contribution in [2.75, 3.05) is 13.1 Å². The van der Waals surface area contributed by atoms with Crippen LogP contribution in [0.1, 0.15) is 47.0 Å². The predicted molar refractivity (Wildman–Crippen MR) is 67.3 cm³/mol. The average molecular weight is 226 g/mol. The number of amides is 1. The van der Waals surface area contributed by atoms with E-state index in [9.17, 15) is 4.79 Å². The van der Waals surface area contributed by atoms with Crippen LogP contribution in [0.15, 0.2) is 0 Å². The molecule has 0 saturated heterocycles. The van der Waals surface area contributed by atoms with Gasteiger partial charge in [0.1, 0.15) is 0 Å². The number of hydrogen-bond acceptors (Lipinski definition) is 2. The highest BCUT2D eigenvalue weighted by atomic mass is 16.2. The van der Waals surface area contributed by atoms with E-state index < -0.39 is 0 Å². The standard InChI is InChI=1S/C13H26N2O/c1-10(2)7-8-15(12-5-6-12)9-13(16)14-11(3)4/h10-12H,5-9H2,1-4H3,(H,14,16). The van der Waals surface area contributed by atoms with Gasteiger partial charge in [-0.3, -0.25) is 9.69 Å². The number of carbonyl (C=O) groups excluding carboxylic acids is 1. The summed E-state index contributed by atoms with van der Waals surface area (Å²) >= 11 is 0. The molecule has 0 aliphatic heterocycles. The largest absolute Gasteiger partial charge is 0.353 e. The number of hydrogen-bond donors (Lipinski definition) is 1. The summed E-state index contributed by atoms with van der Waals surface area (Å²) in [5.41, 5.74) is 0. The van der Waals surface area contributed by atoms with E-state index in [4.69, 9.17) is 0 Å². The van der Waals surface area contributed by atoms with Gasteiger partial charge >= 0.3 is 0 Å². The SMILES string of the molecule is CC(C)CCN(CC(=O)NC(C)C)C1CC1. The summed E-state index contributed by atoms with van der Waals surface area (Å²) in [5, 5.41) is 2.96. The lowest BCUT2D eigenvalue weighted by atomic mass is 10.1. The highest BCUT2D eigenvalue weighted by molar-refractivity contribution is 5.78. The van der Waals surface area contributed by atoms with E-state index in [1.165, 1.54) is 19.3 Å². The average Bonchev–Trinajstić information content (AvgIpc) is 2.93. The van der Waals surface area contributed by atoms with Gasteiger partial charge < -0.3 is 5.32 Å². The molecule has 1 amide bonds. The highest BCUT2D eigenvalue weighted by Gasteiger charge is 2.29. The number of carbonyl (C=O) groups is 1. The Bertz CT molecular complexity index is 222. The van der Waals surface area contributed by atoms with Crippen molar-refractivity contribution in [3.05, 3.63) is 0 Å². The zero-order valence-corrected chi connectivity index (χ0v) is 11.1. The molecule has 1 aliphatic rings. The summed E-state index contributed by atoms with van der Waals surface area (Å²) in [6.45, 7) is 10.1. The molecule has 16 heavy (non-hydrogen) atoms. The van der Waals surface area contributed by atoms with E-state index in [0.29, 0.717) is 12.6 Å². The van der Waals surface area contributed by atoms with Crippen molar-refractivity contribution in [1.82, 2.24) is 10.2 Å². The minimum absolute atomic E-state index is 0.172. The van der Waals surface area contributed by atoms with Crippen LogP contribution in [0, 0.1) is 5.92 Å². The fourth-order valence-electron chi connectivity index (χ4n) is 1.81. The quantitative estimate of drug-likeness (QED) is 0.720. The van der Waals surface area contributed by atoms with E-state index in [1.807, 2.05) is 13.8 Å². The fraction of sp³-hybridized carbons (Fsp3) is 0.923. The van der Waals surface area contributed by atoms with Crippen molar-refractivity contribution in [1.29, 1.82) is 0 Å². The van der Waals surface area contributed by atoms with Crippen molar-refractivity contribution < 1.29 is 4.79 Å². The Hall–Kier alpha value is -0.570. The summed E-state index contributed by atoms with van der Waals surface area (Å²) in [6, 6.07) is 0.926. The molecule has 94 valence electrons. The zero-order valence-electron chi connectivity index (χ0n) is 11.1.